The highest BCUT2D eigenvalue weighted by Gasteiger charge is 2.51. The zero-order valence-electron chi connectivity index (χ0n) is 17.6. The second-order valence-corrected chi connectivity index (χ2v) is 7.82. The van der Waals surface area contributed by atoms with E-state index in [1.165, 1.54) is 41.3 Å². The number of non-ortho nitro benzene ring substituents is 2. The maximum absolute atomic E-state index is 13.2. The van der Waals surface area contributed by atoms with Crippen LogP contribution in [0.3, 0.4) is 0 Å². The van der Waals surface area contributed by atoms with Crippen LogP contribution in [0.25, 0.3) is 10.8 Å². The van der Waals surface area contributed by atoms with E-state index in [1.54, 1.807) is 18.2 Å². The summed E-state index contributed by atoms with van der Waals surface area (Å²) in [7, 11) is 0. The van der Waals surface area contributed by atoms with Crippen molar-refractivity contribution in [3.63, 3.8) is 0 Å². The number of nitro benzene ring substituents is 2. The standard InChI is InChI=1S/C25H17N3O6/c29-25-24(34-22-14-7-16-3-1-2-4-18(16)15-22)23(17-5-8-20(9-6-17)27(30)31)26(25)19-10-12-21(13-11-19)28(32)33/h1-15,23-24H. The molecular weight excluding hydrogens is 438 g/mol. The molecular formula is C25H17N3O6. The van der Waals surface area contributed by atoms with Crippen LogP contribution in [0.5, 0.6) is 5.75 Å². The van der Waals surface area contributed by atoms with Crippen molar-refractivity contribution in [1.82, 2.24) is 0 Å². The van der Waals surface area contributed by atoms with Crippen LogP contribution in [-0.4, -0.2) is 21.9 Å². The first-order valence-electron chi connectivity index (χ1n) is 10.4. The molecule has 0 bridgehead atoms. The topological polar surface area (TPSA) is 116 Å². The summed E-state index contributed by atoms with van der Waals surface area (Å²) in [4.78, 5) is 35.7. The van der Waals surface area contributed by atoms with E-state index in [4.69, 9.17) is 4.74 Å². The normalized spacial score (nSPS) is 17.3. The molecule has 1 aliphatic rings. The summed E-state index contributed by atoms with van der Waals surface area (Å²) in [6.07, 6.45) is -0.863. The van der Waals surface area contributed by atoms with Crippen LogP contribution in [0.15, 0.2) is 91.0 Å². The van der Waals surface area contributed by atoms with Crippen molar-refractivity contribution in [3.8, 4) is 5.75 Å². The molecule has 9 heteroatoms. The van der Waals surface area contributed by atoms with Gasteiger partial charge in [-0.15, -0.1) is 0 Å². The predicted octanol–water partition coefficient (Wildman–Crippen LogP) is 5.19. The number of hydrogen-bond acceptors (Lipinski definition) is 6. The van der Waals surface area contributed by atoms with Gasteiger partial charge in [-0.05, 0) is 52.7 Å². The molecule has 0 spiro atoms. The molecule has 1 fully saturated rings. The summed E-state index contributed by atoms with van der Waals surface area (Å²) in [5, 5.41) is 24.1. The van der Waals surface area contributed by atoms with Crippen LogP contribution >= 0.6 is 0 Å². The van der Waals surface area contributed by atoms with Crippen LogP contribution in [0.2, 0.25) is 0 Å². The van der Waals surface area contributed by atoms with Gasteiger partial charge in [0.25, 0.3) is 17.3 Å². The number of ether oxygens (including phenoxy) is 1. The summed E-state index contributed by atoms with van der Waals surface area (Å²) in [6.45, 7) is 0. The van der Waals surface area contributed by atoms with E-state index in [-0.39, 0.29) is 17.3 Å². The minimum atomic E-state index is -0.863. The number of anilines is 1. The minimum Gasteiger partial charge on any atom is -0.478 e. The fourth-order valence-corrected chi connectivity index (χ4v) is 4.10. The van der Waals surface area contributed by atoms with E-state index in [9.17, 15) is 25.0 Å². The van der Waals surface area contributed by atoms with Crippen LogP contribution in [0.1, 0.15) is 11.6 Å². The van der Waals surface area contributed by atoms with Gasteiger partial charge in [0.15, 0.2) is 0 Å². The lowest BCUT2D eigenvalue weighted by Gasteiger charge is -2.46. The monoisotopic (exact) mass is 455 g/mol. The maximum Gasteiger partial charge on any atom is 0.271 e. The third-order valence-electron chi connectivity index (χ3n) is 5.81. The van der Waals surface area contributed by atoms with Gasteiger partial charge in [-0.25, -0.2) is 0 Å². The lowest BCUT2D eigenvalue weighted by molar-refractivity contribution is -0.385. The van der Waals surface area contributed by atoms with Gasteiger partial charge in [0.05, 0.1) is 9.85 Å². The first-order chi connectivity index (χ1) is 16.4. The lowest BCUT2D eigenvalue weighted by atomic mass is 9.89. The Morgan fingerprint density at radius 1 is 0.735 bits per heavy atom. The number of nitrogens with zero attached hydrogens (tertiary/aromatic N) is 3. The number of carbonyl (C=O) groups is 1. The molecule has 2 unspecified atom stereocenters. The first kappa shape index (κ1) is 21.1. The Kier molecular flexibility index (Phi) is 5.14. The molecule has 34 heavy (non-hydrogen) atoms. The number of amides is 1. The van der Waals surface area contributed by atoms with Crippen LogP contribution < -0.4 is 9.64 Å². The Hall–Kier alpha value is -4.79. The van der Waals surface area contributed by atoms with E-state index >= 15 is 0 Å². The molecule has 4 aromatic rings. The summed E-state index contributed by atoms with van der Waals surface area (Å²) >= 11 is 0. The van der Waals surface area contributed by atoms with Crippen LogP contribution in [-0.2, 0) is 4.79 Å². The number of rotatable bonds is 6. The third-order valence-corrected chi connectivity index (χ3v) is 5.81. The number of carbonyl (C=O) groups excluding carboxylic acids is 1. The molecule has 9 nitrogen and oxygen atoms in total. The summed E-state index contributed by atoms with van der Waals surface area (Å²) in [6, 6.07) is 24.3. The number of fused-ring (bicyclic) bond motifs is 1. The molecule has 168 valence electrons. The van der Waals surface area contributed by atoms with Gasteiger partial charge in [-0.3, -0.25) is 29.9 Å². The van der Waals surface area contributed by atoms with Gasteiger partial charge in [0.2, 0.25) is 6.10 Å². The fraction of sp³-hybridized carbons (Fsp3) is 0.0800. The molecule has 0 aromatic heterocycles. The largest absolute Gasteiger partial charge is 0.478 e. The Morgan fingerprint density at radius 2 is 1.32 bits per heavy atom. The average molecular weight is 455 g/mol. The number of benzene rings is 4. The van der Waals surface area contributed by atoms with E-state index in [1.807, 2.05) is 36.4 Å². The molecule has 2 atom stereocenters. The zero-order chi connectivity index (χ0) is 23.8. The number of hydrogen-bond donors (Lipinski definition) is 0. The lowest BCUT2D eigenvalue weighted by Crippen LogP contribution is -2.61. The summed E-state index contributed by atoms with van der Waals surface area (Å²) in [5.41, 5.74) is 0.961. The van der Waals surface area contributed by atoms with Crippen molar-refractivity contribution >= 4 is 33.7 Å². The highest BCUT2D eigenvalue weighted by Crippen LogP contribution is 2.42. The highest BCUT2D eigenvalue weighted by atomic mass is 16.6. The van der Waals surface area contributed by atoms with Gasteiger partial charge in [0.1, 0.15) is 11.8 Å². The molecule has 0 saturated carbocycles. The van der Waals surface area contributed by atoms with Crippen molar-refractivity contribution in [3.05, 3.63) is 117 Å². The van der Waals surface area contributed by atoms with Crippen LogP contribution in [0, 0.1) is 20.2 Å². The number of nitro groups is 2. The van der Waals surface area contributed by atoms with Gasteiger partial charge in [-0.2, -0.15) is 0 Å². The Morgan fingerprint density at radius 3 is 1.94 bits per heavy atom. The van der Waals surface area contributed by atoms with Gasteiger partial charge in [0, 0.05) is 30.0 Å². The van der Waals surface area contributed by atoms with Crippen molar-refractivity contribution in [2.24, 2.45) is 0 Å². The molecule has 1 aliphatic heterocycles. The van der Waals surface area contributed by atoms with Gasteiger partial charge in [-0.1, -0.05) is 30.3 Å². The molecule has 1 heterocycles. The van der Waals surface area contributed by atoms with E-state index in [0.29, 0.717) is 17.0 Å². The second kappa shape index (κ2) is 8.28. The average Bonchev–Trinajstić information content (AvgIpc) is 2.85. The quantitative estimate of drug-likeness (QED) is 0.224. The third kappa shape index (κ3) is 3.69. The summed E-state index contributed by atoms with van der Waals surface area (Å²) in [5.74, 6) is 0.206. The van der Waals surface area contributed by atoms with Gasteiger partial charge < -0.3 is 4.74 Å². The second-order valence-electron chi connectivity index (χ2n) is 7.82. The van der Waals surface area contributed by atoms with Crippen molar-refractivity contribution < 1.29 is 19.4 Å². The molecule has 0 N–H and O–H groups in total. The Balaban J connectivity index is 1.49. The SMILES string of the molecule is O=C1C(Oc2ccc3ccccc3c2)C(c2ccc([N+](=O)[O-])cc2)N1c1ccc([N+](=O)[O-])cc1. The zero-order valence-corrected chi connectivity index (χ0v) is 17.6. The Labute approximate surface area is 193 Å². The highest BCUT2D eigenvalue weighted by molar-refractivity contribution is 6.05. The van der Waals surface area contributed by atoms with Crippen molar-refractivity contribution in [2.45, 2.75) is 12.1 Å². The van der Waals surface area contributed by atoms with E-state index in [2.05, 4.69) is 0 Å². The van der Waals surface area contributed by atoms with Crippen molar-refractivity contribution in [2.75, 3.05) is 4.90 Å². The van der Waals surface area contributed by atoms with E-state index in [0.717, 1.165) is 10.8 Å². The van der Waals surface area contributed by atoms with Gasteiger partial charge >= 0.3 is 0 Å². The number of β-lactam (4-membered cyclic amide) rings is 1. The molecule has 0 aliphatic carbocycles. The molecule has 1 amide bonds. The Bertz CT molecular complexity index is 1420. The molecule has 0 radical (unpaired) electrons. The predicted molar refractivity (Wildman–Crippen MR) is 125 cm³/mol. The molecule has 5 rings (SSSR count). The minimum absolute atomic E-state index is 0.0664. The maximum atomic E-state index is 13.2. The fourth-order valence-electron chi connectivity index (χ4n) is 4.10. The molecule has 1 saturated heterocycles. The van der Waals surface area contributed by atoms with Crippen LogP contribution in [0.4, 0.5) is 17.1 Å². The van der Waals surface area contributed by atoms with Crippen molar-refractivity contribution in [1.29, 1.82) is 0 Å². The first-order valence-corrected chi connectivity index (χ1v) is 10.4. The molecule has 4 aromatic carbocycles. The smallest absolute Gasteiger partial charge is 0.271 e. The summed E-state index contributed by atoms with van der Waals surface area (Å²) < 4.78 is 6.10. The van der Waals surface area contributed by atoms with E-state index < -0.39 is 22.0 Å².